The molecule has 0 bridgehead atoms. The third-order valence-corrected chi connectivity index (χ3v) is 4.14. The van der Waals surface area contributed by atoms with Crippen LogP contribution in [0.25, 0.3) is 0 Å². The Bertz CT molecular complexity index is 362. The van der Waals surface area contributed by atoms with Crippen molar-refractivity contribution in [1.29, 1.82) is 0 Å². The number of nitrogens with one attached hydrogen (secondary N) is 1. The van der Waals surface area contributed by atoms with E-state index >= 15 is 0 Å². The van der Waals surface area contributed by atoms with Gasteiger partial charge in [-0.05, 0) is 55.2 Å². The van der Waals surface area contributed by atoms with E-state index in [1.54, 1.807) is 0 Å². The van der Waals surface area contributed by atoms with Crippen LogP contribution < -0.4 is 5.32 Å². The SMILES string of the molecule is CCCC(CNC1CC1)Cc1ccc(C(C)C)cc1. The van der Waals surface area contributed by atoms with Crippen LogP contribution in [0.2, 0.25) is 0 Å². The molecule has 1 aliphatic rings. The quantitative estimate of drug-likeness (QED) is 0.723. The third kappa shape index (κ3) is 4.99. The first-order valence-corrected chi connectivity index (χ1v) is 8.01. The van der Waals surface area contributed by atoms with Crippen molar-refractivity contribution in [2.75, 3.05) is 6.54 Å². The summed E-state index contributed by atoms with van der Waals surface area (Å²) in [7, 11) is 0. The molecule has 0 aromatic heterocycles. The molecule has 1 aliphatic carbocycles. The van der Waals surface area contributed by atoms with Crippen LogP contribution in [-0.2, 0) is 6.42 Å². The summed E-state index contributed by atoms with van der Waals surface area (Å²) in [5.74, 6) is 1.44. The zero-order valence-electron chi connectivity index (χ0n) is 12.8. The molecule has 1 unspecified atom stereocenters. The highest BCUT2D eigenvalue weighted by atomic mass is 14.9. The minimum atomic E-state index is 0.636. The molecule has 1 saturated carbocycles. The molecule has 2 rings (SSSR count). The van der Waals surface area contributed by atoms with Crippen molar-refractivity contribution in [2.24, 2.45) is 5.92 Å². The molecule has 0 aliphatic heterocycles. The minimum Gasteiger partial charge on any atom is -0.314 e. The highest BCUT2D eigenvalue weighted by Crippen LogP contribution is 2.21. The Kier molecular flexibility index (Phi) is 5.45. The van der Waals surface area contributed by atoms with Gasteiger partial charge in [-0.15, -0.1) is 0 Å². The Labute approximate surface area is 118 Å². The summed E-state index contributed by atoms with van der Waals surface area (Å²) in [6.45, 7) is 8.01. The van der Waals surface area contributed by atoms with Gasteiger partial charge in [0.1, 0.15) is 0 Å². The Hall–Kier alpha value is -0.820. The topological polar surface area (TPSA) is 12.0 Å². The Morgan fingerprint density at radius 2 is 1.84 bits per heavy atom. The van der Waals surface area contributed by atoms with Gasteiger partial charge in [0.2, 0.25) is 0 Å². The molecule has 19 heavy (non-hydrogen) atoms. The van der Waals surface area contributed by atoms with Gasteiger partial charge in [-0.2, -0.15) is 0 Å². The van der Waals surface area contributed by atoms with Crippen LogP contribution in [0.3, 0.4) is 0 Å². The van der Waals surface area contributed by atoms with E-state index in [2.05, 4.69) is 50.4 Å². The number of benzene rings is 1. The molecular formula is C18H29N. The van der Waals surface area contributed by atoms with Crippen LogP contribution in [0.15, 0.2) is 24.3 Å². The lowest BCUT2D eigenvalue weighted by Gasteiger charge is -2.17. The lowest BCUT2D eigenvalue weighted by Crippen LogP contribution is -2.26. The molecule has 1 aromatic rings. The maximum absolute atomic E-state index is 3.69. The summed E-state index contributed by atoms with van der Waals surface area (Å²) in [5.41, 5.74) is 2.95. The van der Waals surface area contributed by atoms with Gasteiger partial charge in [-0.1, -0.05) is 51.5 Å². The third-order valence-electron chi connectivity index (χ3n) is 4.14. The molecule has 0 spiro atoms. The normalized spacial score (nSPS) is 16.8. The molecule has 1 N–H and O–H groups in total. The van der Waals surface area contributed by atoms with Crippen LogP contribution in [0.1, 0.15) is 63.5 Å². The van der Waals surface area contributed by atoms with E-state index in [9.17, 15) is 0 Å². The highest BCUT2D eigenvalue weighted by molar-refractivity contribution is 5.25. The smallest absolute Gasteiger partial charge is 0.00683 e. The van der Waals surface area contributed by atoms with E-state index in [0.717, 1.165) is 12.0 Å². The molecular weight excluding hydrogens is 230 g/mol. The van der Waals surface area contributed by atoms with E-state index in [0.29, 0.717) is 5.92 Å². The zero-order chi connectivity index (χ0) is 13.7. The van der Waals surface area contributed by atoms with Gasteiger partial charge in [0, 0.05) is 6.04 Å². The van der Waals surface area contributed by atoms with Crippen molar-refractivity contribution in [3.05, 3.63) is 35.4 Å². The Morgan fingerprint density at radius 3 is 2.37 bits per heavy atom. The first-order chi connectivity index (χ1) is 9.19. The maximum atomic E-state index is 3.69. The fourth-order valence-corrected chi connectivity index (χ4v) is 2.68. The molecule has 106 valence electrons. The average molecular weight is 259 g/mol. The molecule has 1 atom stereocenters. The summed E-state index contributed by atoms with van der Waals surface area (Å²) < 4.78 is 0. The van der Waals surface area contributed by atoms with Crippen LogP contribution in [0.5, 0.6) is 0 Å². The van der Waals surface area contributed by atoms with Crippen molar-refractivity contribution in [2.45, 2.75) is 64.8 Å². The van der Waals surface area contributed by atoms with Crippen LogP contribution in [-0.4, -0.2) is 12.6 Å². The minimum absolute atomic E-state index is 0.636. The van der Waals surface area contributed by atoms with Gasteiger partial charge >= 0.3 is 0 Å². The zero-order valence-corrected chi connectivity index (χ0v) is 12.8. The molecule has 0 heterocycles. The van der Waals surface area contributed by atoms with E-state index in [-0.39, 0.29) is 0 Å². The Balaban J connectivity index is 1.87. The van der Waals surface area contributed by atoms with Gasteiger partial charge in [0.25, 0.3) is 0 Å². The number of rotatable bonds is 8. The van der Waals surface area contributed by atoms with Gasteiger partial charge in [0.05, 0.1) is 0 Å². The van der Waals surface area contributed by atoms with Gasteiger partial charge in [-0.3, -0.25) is 0 Å². The molecule has 1 fully saturated rings. The largest absolute Gasteiger partial charge is 0.314 e. The average Bonchev–Trinajstić information content (AvgIpc) is 3.21. The first-order valence-electron chi connectivity index (χ1n) is 8.01. The van der Waals surface area contributed by atoms with Gasteiger partial charge < -0.3 is 5.32 Å². The molecule has 1 aromatic carbocycles. The van der Waals surface area contributed by atoms with Gasteiger partial charge in [0.15, 0.2) is 0 Å². The predicted octanol–water partition coefficient (Wildman–Crippen LogP) is 4.52. The monoisotopic (exact) mass is 259 g/mol. The Morgan fingerprint density at radius 1 is 1.16 bits per heavy atom. The molecule has 1 heteroatoms. The molecule has 1 nitrogen and oxygen atoms in total. The fraction of sp³-hybridized carbons (Fsp3) is 0.667. The second kappa shape index (κ2) is 7.09. The van der Waals surface area contributed by atoms with Crippen molar-refractivity contribution in [3.8, 4) is 0 Å². The van der Waals surface area contributed by atoms with Crippen molar-refractivity contribution in [3.63, 3.8) is 0 Å². The molecule has 0 radical (unpaired) electrons. The lowest BCUT2D eigenvalue weighted by atomic mass is 9.93. The van der Waals surface area contributed by atoms with Crippen LogP contribution in [0, 0.1) is 5.92 Å². The summed E-state index contributed by atoms with van der Waals surface area (Å²) in [4.78, 5) is 0. The first kappa shape index (κ1) is 14.6. The molecule has 0 saturated heterocycles. The summed E-state index contributed by atoms with van der Waals surface area (Å²) >= 11 is 0. The number of hydrogen-bond donors (Lipinski definition) is 1. The van der Waals surface area contributed by atoms with E-state index in [1.165, 1.54) is 49.8 Å². The molecule has 0 amide bonds. The van der Waals surface area contributed by atoms with Crippen LogP contribution in [0.4, 0.5) is 0 Å². The van der Waals surface area contributed by atoms with Crippen molar-refractivity contribution in [1.82, 2.24) is 5.32 Å². The lowest BCUT2D eigenvalue weighted by molar-refractivity contribution is 0.437. The predicted molar refractivity (Wildman–Crippen MR) is 83.7 cm³/mol. The fourth-order valence-electron chi connectivity index (χ4n) is 2.68. The van der Waals surface area contributed by atoms with E-state index in [4.69, 9.17) is 0 Å². The number of hydrogen-bond acceptors (Lipinski definition) is 1. The summed E-state index contributed by atoms with van der Waals surface area (Å²) in [6.07, 6.45) is 6.64. The summed E-state index contributed by atoms with van der Waals surface area (Å²) in [6, 6.07) is 10.1. The standard InChI is InChI=1S/C18H29N/c1-4-5-16(13-19-18-10-11-18)12-15-6-8-17(9-7-15)14(2)3/h6-9,14,16,18-19H,4-5,10-13H2,1-3H3. The van der Waals surface area contributed by atoms with Crippen LogP contribution >= 0.6 is 0 Å². The van der Waals surface area contributed by atoms with Gasteiger partial charge in [-0.25, -0.2) is 0 Å². The maximum Gasteiger partial charge on any atom is 0.00683 e. The van der Waals surface area contributed by atoms with Crippen molar-refractivity contribution < 1.29 is 0 Å². The van der Waals surface area contributed by atoms with Crippen molar-refractivity contribution >= 4 is 0 Å². The van der Waals surface area contributed by atoms with E-state index in [1.807, 2.05) is 0 Å². The second-order valence-electron chi connectivity index (χ2n) is 6.44. The second-order valence-corrected chi connectivity index (χ2v) is 6.44. The summed E-state index contributed by atoms with van der Waals surface area (Å²) in [5, 5.41) is 3.69. The van der Waals surface area contributed by atoms with E-state index < -0.39 is 0 Å². The highest BCUT2D eigenvalue weighted by Gasteiger charge is 2.21.